The molecule has 0 bridgehead atoms. The van der Waals surface area contributed by atoms with E-state index in [9.17, 15) is 14.4 Å². The molecule has 0 aliphatic heterocycles. The first-order chi connectivity index (χ1) is 16.1. The minimum absolute atomic E-state index is 0.380. The van der Waals surface area contributed by atoms with E-state index in [1.54, 1.807) is 55.0 Å². The van der Waals surface area contributed by atoms with Crippen molar-refractivity contribution in [2.75, 3.05) is 16.0 Å². The van der Waals surface area contributed by atoms with Crippen molar-refractivity contribution in [3.8, 4) is 0 Å². The molecule has 0 saturated carbocycles. The number of aromatic nitrogens is 6. The van der Waals surface area contributed by atoms with Crippen LogP contribution in [0.25, 0.3) is 0 Å². The number of amides is 3. The topological polar surface area (TPSA) is 165 Å². The van der Waals surface area contributed by atoms with Gasteiger partial charge in [-0.05, 0) is 36.4 Å². The van der Waals surface area contributed by atoms with E-state index in [0.29, 0.717) is 17.1 Å². The molecule has 0 aromatic carbocycles. The number of nitrogens with zero attached hydrogens (tertiary/aromatic N) is 6. The van der Waals surface area contributed by atoms with Crippen LogP contribution in [0.15, 0.2) is 73.6 Å². The van der Waals surface area contributed by atoms with Crippen molar-refractivity contribution in [1.29, 1.82) is 0 Å². The number of carbonyl (C=O) groups excluding carboxylic acids is 3. The van der Waals surface area contributed by atoms with Crippen molar-refractivity contribution >= 4 is 34.8 Å². The molecule has 12 heteroatoms. The molecule has 12 nitrogen and oxygen atoms in total. The lowest BCUT2D eigenvalue weighted by atomic mass is 10.3. The summed E-state index contributed by atoms with van der Waals surface area (Å²) in [5.74, 6) is -3.55. The molecule has 0 unspecified atom stereocenters. The van der Waals surface area contributed by atoms with Gasteiger partial charge >= 0.3 is 0 Å². The number of carbonyl (C=O) groups is 3. The lowest BCUT2D eigenvalue weighted by Crippen LogP contribution is -2.26. The predicted octanol–water partition coefficient (Wildman–Crippen LogP) is 1.81. The van der Waals surface area contributed by atoms with Crippen LogP contribution in [-0.4, -0.2) is 47.6 Å². The molecule has 0 atom stereocenters. The van der Waals surface area contributed by atoms with E-state index in [2.05, 4.69) is 45.9 Å². The molecule has 4 aromatic rings. The number of hydrogen-bond acceptors (Lipinski definition) is 9. The maximum atomic E-state index is 12.7. The molecule has 4 heterocycles. The fourth-order valence-electron chi connectivity index (χ4n) is 2.55. The predicted molar refractivity (Wildman–Crippen MR) is 116 cm³/mol. The highest BCUT2D eigenvalue weighted by Crippen LogP contribution is 2.10. The van der Waals surface area contributed by atoms with Crippen molar-refractivity contribution in [1.82, 2.24) is 29.9 Å². The van der Waals surface area contributed by atoms with Crippen LogP contribution in [0.4, 0.5) is 17.1 Å². The second kappa shape index (κ2) is 9.78. The molecular formula is C21H15N9O3. The minimum Gasteiger partial charge on any atom is -0.318 e. The first kappa shape index (κ1) is 21.1. The monoisotopic (exact) mass is 441 g/mol. The summed E-state index contributed by atoms with van der Waals surface area (Å²) in [5.41, 5.74) is 1.14. The first-order valence-corrected chi connectivity index (χ1v) is 9.49. The van der Waals surface area contributed by atoms with Gasteiger partial charge in [0, 0.05) is 18.6 Å². The first-order valence-electron chi connectivity index (χ1n) is 9.49. The second-order valence-electron chi connectivity index (χ2n) is 6.39. The van der Waals surface area contributed by atoms with Crippen molar-refractivity contribution < 1.29 is 14.4 Å². The smallest absolute Gasteiger partial charge is 0.293 e. The Labute approximate surface area is 186 Å². The number of pyridine rings is 3. The Kier molecular flexibility index (Phi) is 6.26. The Morgan fingerprint density at radius 3 is 1.06 bits per heavy atom. The van der Waals surface area contributed by atoms with Crippen LogP contribution in [0.3, 0.4) is 0 Å². The molecule has 0 saturated heterocycles. The number of anilines is 3. The highest BCUT2D eigenvalue weighted by molar-refractivity contribution is 6.07. The molecule has 3 amide bonds. The lowest BCUT2D eigenvalue weighted by Gasteiger charge is -2.09. The van der Waals surface area contributed by atoms with E-state index < -0.39 is 35.2 Å². The fourth-order valence-corrected chi connectivity index (χ4v) is 2.55. The van der Waals surface area contributed by atoms with E-state index >= 15 is 0 Å². The van der Waals surface area contributed by atoms with Gasteiger partial charge in [-0.1, -0.05) is 0 Å². The summed E-state index contributed by atoms with van der Waals surface area (Å²) >= 11 is 0. The summed E-state index contributed by atoms with van der Waals surface area (Å²) < 4.78 is 0. The highest BCUT2D eigenvalue weighted by atomic mass is 16.2. The number of hydrogen-bond donors (Lipinski definition) is 3. The SMILES string of the molecule is O=C(Nc1cccnc1)c1nc(C(=O)Nc2cccnc2)nc(C(=O)Nc2cccnc2)n1. The molecular weight excluding hydrogens is 426 g/mol. The zero-order valence-electron chi connectivity index (χ0n) is 16.8. The molecule has 4 aromatic heterocycles. The Bertz CT molecular complexity index is 1110. The van der Waals surface area contributed by atoms with Crippen LogP contribution in [0.5, 0.6) is 0 Å². The van der Waals surface area contributed by atoms with Crippen molar-refractivity contribution in [2.45, 2.75) is 0 Å². The van der Waals surface area contributed by atoms with Gasteiger partial charge in [-0.2, -0.15) is 15.0 Å². The molecule has 0 radical (unpaired) electrons. The highest BCUT2D eigenvalue weighted by Gasteiger charge is 2.22. The molecule has 0 spiro atoms. The van der Waals surface area contributed by atoms with Gasteiger partial charge in [0.1, 0.15) is 0 Å². The van der Waals surface area contributed by atoms with E-state index in [-0.39, 0.29) is 0 Å². The van der Waals surface area contributed by atoms with Crippen LogP contribution in [0, 0.1) is 0 Å². The van der Waals surface area contributed by atoms with Gasteiger partial charge in [0.25, 0.3) is 17.7 Å². The Morgan fingerprint density at radius 2 is 0.818 bits per heavy atom. The molecule has 0 fully saturated rings. The third-order valence-electron chi connectivity index (χ3n) is 4.00. The summed E-state index contributed by atoms with van der Waals surface area (Å²) in [6, 6.07) is 9.71. The summed E-state index contributed by atoms with van der Waals surface area (Å²) in [5, 5.41) is 7.66. The van der Waals surface area contributed by atoms with E-state index in [4.69, 9.17) is 0 Å². The van der Waals surface area contributed by atoms with Crippen LogP contribution in [-0.2, 0) is 0 Å². The van der Waals surface area contributed by atoms with Gasteiger partial charge in [0.05, 0.1) is 35.7 Å². The maximum absolute atomic E-state index is 12.7. The maximum Gasteiger partial charge on any atom is 0.293 e. The van der Waals surface area contributed by atoms with Crippen molar-refractivity contribution in [2.24, 2.45) is 0 Å². The molecule has 4 rings (SSSR count). The van der Waals surface area contributed by atoms with Gasteiger partial charge in [0.2, 0.25) is 17.5 Å². The van der Waals surface area contributed by atoms with Crippen molar-refractivity contribution in [3.05, 3.63) is 91.1 Å². The zero-order chi connectivity index (χ0) is 23.0. The third kappa shape index (κ3) is 5.52. The molecule has 162 valence electrons. The molecule has 0 aliphatic carbocycles. The fraction of sp³-hybridized carbons (Fsp3) is 0. The molecule has 33 heavy (non-hydrogen) atoms. The average molecular weight is 441 g/mol. The van der Waals surface area contributed by atoms with Crippen LogP contribution >= 0.6 is 0 Å². The van der Waals surface area contributed by atoms with Crippen LogP contribution in [0.1, 0.15) is 31.9 Å². The van der Waals surface area contributed by atoms with E-state index in [1.807, 2.05) is 0 Å². The molecule has 3 N–H and O–H groups in total. The minimum atomic E-state index is -0.753. The second-order valence-corrected chi connectivity index (χ2v) is 6.39. The van der Waals surface area contributed by atoms with Crippen LogP contribution in [0.2, 0.25) is 0 Å². The van der Waals surface area contributed by atoms with Gasteiger partial charge in [0.15, 0.2) is 0 Å². The number of nitrogens with one attached hydrogen (secondary N) is 3. The molecule has 0 aliphatic rings. The normalized spacial score (nSPS) is 10.2. The van der Waals surface area contributed by atoms with Crippen LogP contribution < -0.4 is 16.0 Å². The lowest BCUT2D eigenvalue weighted by molar-refractivity contribution is 0.100. The number of rotatable bonds is 6. The Balaban J connectivity index is 1.65. The summed E-state index contributed by atoms with van der Waals surface area (Å²) in [6.07, 6.45) is 8.89. The van der Waals surface area contributed by atoms with Gasteiger partial charge in [-0.15, -0.1) is 0 Å². The summed E-state index contributed by atoms with van der Waals surface area (Å²) in [6.45, 7) is 0. The van der Waals surface area contributed by atoms with E-state index in [1.165, 1.54) is 18.6 Å². The summed E-state index contributed by atoms with van der Waals surface area (Å²) in [7, 11) is 0. The Morgan fingerprint density at radius 1 is 0.515 bits per heavy atom. The largest absolute Gasteiger partial charge is 0.318 e. The van der Waals surface area contributed by atoms with Crippen molar-refractivity contribution in [3.63, 3.8) is 0 Å². The summed E-state index contributed by atoms with van der Waals surface area (Å²) in [4.78, 5) is 61.6. The quantitative estimate of drug-likeness (QED) is 0.404. The third-order valence-corrected chi connectivity index (χ3v) is 4.00. The standard InChI is InChI=1S/C21H15N9O3/c31-19(25-13-4-1-7-22-10-13)16-28-17(20(32)26-14-5-2-8-23-11-14)30-18(29-16)21(33)27-15-6-3-9-24-12-15/h1-12H,(H,25,31)(H,26,32)(H,27,33). The Hall–Kier alpha value is -5.13. The zero-order valence-corrected chi connectivity index (χ0v) is 16.8. The van der Waals surface area contributed by atoms with Gasteiger partial charge < -0.3 is 16.0 Å². The average Bonchev–Trinajstić information content (AvgIpc) is 2.85. The van der Waals surface area contributed by atoms with Gasteiger partial charge in [-0.3, -0.25) is 29.3 Å². The van der Waals surface area contributed by atoms with Gasteiger partial charge in [-0.25, -0.2) is 0 Å². The van der Waals surface area contributed by atoms with E-state index in [0.717, 1.165) is 0 Å².